The molecule has 5 heteroatoms. The molecule has 1 aromatic carbocycles. The number of benzene rings is 1. The quantitative estimate of drug-likeness (QED) is 0.885. The maximum atomic E-state index is 10.9. The van der Waals surface area contributed by atoms with E-state index in [4.69, 9.17) is 17.3 Å². The summed E-state index contributed by atoms with van der Waals surface area (Å²) in [6.07, 6.45) is 0. The molecule has 0 atom stereocenters. The minimum atomic E-state index is -0.382. The second-order valence-corrected chi connectivity index (χ2v) is 5.33. The van der Waals surface area contributed by atoms with Gasteiger partial charge in [0, 0.05) is 28.4 Å². The van der Waals surface area contributed by atoms with Crippen LogP contribution in [0.4, 0.5) is 0 Å². The minimum absolute atomic E-state index is 0.382. The van der Waals surface area contributed by atoms with Crippen LogP contribution in [-0.4, -0.2) is 5.91 Å². The molecular formula is C13H13ClN2OS. The van der Waals surface area contributed by atoms with Gasteiger partial charge in [-0.2, -0.15) is 0 Å². The smallest absolute Gasteiger partial charge is 0.249 e. The van der Waals surface area contributed by atoms with Gasteiger partial charge in [0.1, 0.15) is 0 Å². The minimum Gasteiger partial charge on any atom is -0.366 e. The van der Waals surface area contributed by atoms with Crippen LogP contribution in [-0.2, 0) is 13.1 Å². The Labute approximate surface area is 115 Å². The number of hydrogen-bond donors (Lipinski definition) is 2. The van der Waals surface area contributed by atoms with Crippen LogP contribution in [0.2, 0.25) is 5.02 Å². The van der Waals surface area contributed by atoms with Gasteiger partial charge in [0.15, 0.2) is 0 Å². The molecule has 18 heavy (non-hydrogen) atoms. The van der Waals surface area contributed by atoms with Crippen molar-refractivity contribution < 1.29 is 4.79 Å². The predicted molar refractivity (Wildman–Crippen MR) is 74.8 cm³/mol. The van der Waals surface area contributed by atoms with Crippen molar-refractivity contribution in [3.8, 4) is 0 Å². The van der Waals surface area contributed by atoms with Gasteiger partial charge in [0.2, 0.25) is 5.91 Å². The molecule has 3 nitrogen and oxygen atoms in total. The highest BCUT2D eigenvalue weighted by Crippen LogP contribution is 2.14. The molecule has 1 amide bonds. The van der Waals surface area contributed by atoms with Crippen LogP contribution in [0.15, 0.2) is 35.7 Å². The Hall–Kier alpha value is -1.36. The second kappa shape index (κ2) is 6.00. The van der Waals surface area contributed by atoms with Gasteiger partial charge in [-0.1, -0.05) is 23.7 Å². The fraction of sp³-hybridized carbons (Fsp3) is 0.154. The molecule has 0 saturated heterocycles. The number of hydrogen-bond acceptors (Lipinski definition) is 3. The average molecular weight is 281 g/mol. The zero-order valence-electron chi connectivity index (χ0n) is 9.65. The van der Waals surface area contributed by atoms with Gasteiger partial charge >= 0.3 is 0 Å². The molecule has 94 valence electrons. The van der Waals surface area contributed by atoms with Crippen molar-refractivity contribution in [2.75, 3.05) is 0 Å². The number of nitrogens with two attached hydrogens (primary N) is 1. The summed E-state index contributed by atoms with van der Waals surface area (Å²) in [6, 6.07) is 9.54. The first-order chi connectivity index (χ1) is 8.65. The Bertz CT molecular complexity index is 553. The SMILES string of the molecule is NC(=O)c1csc(CNCc2cccc(Cl)c2)c1. The lowest BCUT2D eigenvalue weighted by molar-refractivity contribution is 0.100. The molecule has 1 heterocycles. The summed E-state index contributed by atoms with van der Waals surface area (Å²) >= 11 is 7.43. The molecule has 0 radical (unpaired) electrons. The average Bonchev–Trinajstić information content (AvgIpc) is 2.78. The van der Waals surface area contributed by atoms with E-state index in [1.807, 2.05) is 30.3 Å². The van der Waals surface area contributed by atoms with Gasteiger partial charge in [-0.05, 0) is 23.8 Å². The molecule has 0 spiro atoms. The Kier molecular flexibility index (Phi) is 4.36. The van der Waals surface area contributed by atoms with E-state index in [-0.39, 0.29) is 5.91 Å². The largest absolute Gasteiger partial charge is 0.366 e. The van der Waals surface area contributed by atoms with Crippen molar-refractivity contribution in [1.82, 2.24) is 5.32 Å². The van der Waals surface area contributed by atoms with Crippen LogP contribution in [0.25, 0.3) is 0 Å². The first kappa shape index (κ1) is 13.1. The van der Waals surface area contributed by atoms with E-state index in [2.05, 4.69) is 5.32 Å². The van der Waals surface area contributed by atoms with Crippen LogP contribution in [0.5, 0.6) is 0 Å². The molecule has 1 aromatic heterocycles. The van der Waals surface area contributed by atoms with Crippen LogP contribution < -0.4 is 11.1 Å². The maximum Gasteiger partial charge on any atom is 0.249 e. The van der Waals surface area contributed by atoms with Crippen molar-refractivity contribution in [3.63, 3.8) is 0 Å². The van der Waals surface area contributed by atoms with E-state index in [1.165, 1.54) is 11.3 Å². The fourth-order valence-corrected chi connectivity index (χ4v) is 2.64. The molecule has 2 aromatic rings. The van der Waals surface area contributed by atoms with Crippen molar-refractivity contribution in [2.24, 2.45) is 5.73 Å². The lowest BCUT2D eigenvalue weighted by atomic mass is 10.2. The number of primary amides is 1. The first-order valence-corrected chi connectivity index (χ1v) is 6.73. The highest BCUT2D eigenvalue weighted by atomic mass is 35.5. The van der Waals surface area contributed by atoms with Crippen LogP contribution >= 0.6 is 22.9 Å². The molecule has 2 rings (SSSR count). The Morgan fingerprint density at radius 3 is 2.83 bits per heavy atom. The van der Waals surface area contributed by atoms with E-state index < -0.39 is 0 Å². The molecule has 3 N–H and O–H groups in total. The molecule has 0 bridgehead atoms. The molecule has 0 saturated carbocycles. The standard InChI is InChI=1S/C13H13ClN2OS/c14-11-3-1-2-9(4-11)6-16-7-12-5-10(8-18-12)13(15)17/h1-5,8,16H,6-7H2,(H2,15,17). The molecular weight excluding hydrogens is 268 g/mol. The lowest BCUT2D eigenvalue weighted by Crippen LogP contribution is -2.12. The van der Waals surface area contributed by atoms with E-state index in [1.54, 1.807) is 5.38 Å². The summed E-state index contributed by atoms with van der Waals surface area (Å²) in [4.78, 5) is 12.0. The van der Waals surface area contributed by atoms with Crippen LogP contribution in [0, 0.1) is 0 Å². The Morgan fingerprint density at radius 1 is 1.33 bits per heavy atom. The van der Waals surface area contributed by atoms with Gasteiger partial charge in [-0.15, -0.1) is 11.3 Å². The third-order valence-electron chi connectivity index (χ3n) is 2.46. The highest BCUT2D eigenvalue weighted by Gasteiger charge is 2.04. The normalized spacial score (nSPS) is 10.5. The Morgan fingerprint density at radius 2 is 2.17 bits per heavy atom. The number of carbonyl (C=O) groups is 1. The van der Waals surface area contributed by atoms with E-state index in [0.29, 0.717) is 12.1 Å². The maximum absolute atomic E-state index is 10.9. The van der Waals surface area contributed by atoms with Gasteiger partial charge in [0.25, 0.3) is 0 Å². The van der Waals surface area contributed by atoms with Crippen molar-refractivity contribution in [3.05, 3.63) is 56.7 Å². The summed E-state index contributed by atoms with van der Waals surface area (Å²) in [5.41, 5.74) is 6.90. The van der Waals surface area contributed by atoms with Crippen molar-refractivity contribution >= 4 is 28.8 Å². The van der Waals surface area contributed by atoms with E-state index >= 15 is 0 Å². The number of halogens is 1. The number of amides is 1. The molecule has 0 aliphatic heterocycles. The topological polar surface area (TPSA) is 55.1 Å². The second-order valence-electron chi connectivity index (χ2n) is 3.90. The number of nitrogens with one attached hydrogen (secondary N) is 1. The lowest BCUT2D eigenvalue weighted by Gasteiger charge is -2.03. The summed E-state index contributed by atoms with van der Waals surface area (Å²) < 4.78 is 0. The zero-order valence-corrected chi connectivity index (χ0v) is 11.2. The van der Waals surface area contributed by atoms with Gasteiger partial charge in [-0.3, -0.25) is 4.79 Å². The fourth-order valence-electron chi connectivity index (χ4n) is 1.58. The highest BCUT2D eigenvalue weighted by molar-refractivity contribution is 7.10. The van der Waals surface area contributed by atoms with Crippen molar-refractivity contribution in [1.29, 1.82) is 0 Å². The molecule has 0 aliphatic carbocycles. The predicted octanol–water partition coefficient (Wildman–Crippen LogP) is 2.79. The monoisotopic (exact) mass is 280 g/mol. The van der Waals surface area contributed by atoms with Crippen molar-refractivity contribution in [2.45, 2.75) is 13.1 Å². The zero-order chi connectivity index (χ0) is 13.0. The summed E-state index contributed by atoms with van der Waals surface area (Å²) in [6.45, 7) is 1.45. The summed E-state index contributed by atoms with van der Waals surface area (Å²) in [5, 5.41) is 5.81. The van der Waals surface area contributed by atoms with Gasteiger partial charge < -0.3 is 11.1 Å². The third kappa shape index (κ3) is 3.57. The first-order valence-electron chi connectivity index (χ1n) is 5.47. The summed E-state index contributed by atoms with van der Waals surface area (Å²) in [7, 11) is 0. The molecule has 0 unspecified atom stereocenters. The molecule has 0 aliphatic rings. The third-order valence-corrected chi connectivity index (χ3v) is 3.63. The Balaban J connectivity index is 1.86. The van der Waals surface area contributed by atoms with Gasteiger partial charge in [-0.25, -0.2) is 0 Å². The van der Waals surface area contributed by atoms with Crippen LogP contribution in [0.1, 0.15) is 20.8 Å². The number of rotatable bonds is 5. The summed E-state index contributed by atoms with van der Waals surface area (Å²) in [5.74, 6) is -0.382. The van der Waals surface area contributed by atoms with Gasteiger partial charge in [0.05, 0.1) is 5.56 Å². The number of carbonyl (C=O) groups excluding carboxylic acids is 1. The van der Waals surface area contributed by atoms with E-state index in [0.717, 1.165) is 22.0 Å². The molecule has 0 fully saturated rings. The van der Waals surface area contributed by atoms with E-state index in [9.17, 15) is 4.79 Å². The van der Waals surface area contributed by atoms with Crippen LogP contribution in [0.3, 0.4) is 0 Å². The number of thiophene rings is 1.